The molecule has 0 fully saturated rings. The van der Waals surface area contributed by atoms with Crippen molar-refractivity contribution >= 4 is 17.8 Å². The zero-order chi connectivity index (χ0) is 16.0. The van der Waals surface area contributed by atoms with Crippen LogP contribution in [0.2, 0.25) is 0 Å². The second-order valence-electron chi connectivity index (χ2n) is 4.03. The van der Waals surface area contributed by atoms with E-state index in [0.717, 1.165) is 0 Å². The van der Waals surface area contributed by atoms with Crippen molar-refractivity contribution in [2.75, 3.05) is 14.2 Å². The average Bonchev–Trinajstić information content (AvgIpc) is 2.45. The van der Waals surface area contributed by atoms with Gasteiger partial charge in [-0.15, -0.1) is 0 Å². The molecule has 1 aromatic rings. The Kier molecular flexibility index (Phi) is 5.53. The summed E-state index contributed by atoms with van der Waals surface area (Å²) >= 11 is 0. The quantitative estimate of drug-likeness (QED) is 0.664. The fraction of sp³-hybridized carbons (Fsp3) is 0.308. The van der Waals surface area contributed by atoms with Crippen LogP contribution in [0.25, 0.3) is 0 Å². The number of amides is 1. The molecule has 0 radical (unpaired) electrons. The minimum atomic E-state index is -1.54. The van der Waals surface area contributed by atoms with Crippen LogP contribution in [0.5, 0.6) is 11.5 Å². The summed E-state index contributed by atoms with van der Waals surface area (Å²) in [5, 5.41) is 19.7. The molecule has 0 aliphatic carbocycles. The molecule has 0 unspecified atom stereocenters. The molecular formula is C13H15NO7. The molecule has 0 heterocycles. The number of hydrogen-bond acceptors (Lipinski definition) is 5. The molecule has 3 N–H and O–H groups in total. The molecule has 114 valence electrons. The predicted molar refractivity (Wildman–Crippen MR) is 70.7 cm³/mol. The van der Waals surface area contributed by atoms with E-state index in [9.17, 15) is 14.4 Å². The standard InChI is InChI=1S/C13H15NO7/c1-20-7-3-4-10(21-2)8(5-7)12(17)14-9(13(18)19)6-11(15)16/h3-5,9H,6H2,1-2H3,(H,14,17)(H,15,16)(H,18,19)/t9-/m1/s1. The first kappa shape index (κ1) is 16.3. The van der Waals surface area contributed by atoms with Gasteiger partial charge in [0.1, 0.15) is 17.5 Å². The molecule has 21 heavy (non-hydrogen) atoms. The van der Waals surface area contributed by atoms with E-state index >= 15 is 0 Å². The van der Waals surface area contributed by atoms with Gasteiger partial charge in [0.05, 0.1) is 26.2 Å². The molecule has 0 saturated carbocycles. The topological polar surface area (TPSA) is 122 Å². The van der Waals surface area contributed by atoms with Gasteiger partial charge in [-0.1, -0.05) is 0 Å². The Morgan fingerprint density at radius 1 is 1.19 bits per heavy atom. The third-order valence-corrected chi connectivity index (χ3v) is 2.63. The summed E-state index contributed by atoms with van der Waals surface area (Å²) in [6.07, 6.45) is -0.729. The maximum atomic E-state index is 12.1. The highest BCUT2D eigenvalue weighted by atomic mass is 16.5. The Morgan fingerprint density at radius 2 is 1.86 bits per heavy atom. The monoisotopic (exact) mass is 297 g/mol. The lowest BCUT2D eigenvalue weighted by atomic mass is 10.1. The number of nitrogens with one attached hydrogen (secondary N) is 1. The third kappa shape index (κ3) is 4.37. The number of carbonyl (C=O) groups is 3. The van der Waals surface area contributed by atoms with Gasteiger partial charge in [-0.05, 0) is 18.2 Å². The normalized spacial score (nSPS) is 11.3. The number of carboxylic acids is 2. The molecule has 0 spiro atoms. The zero-order valence-corrected chi connectivity index (χ0v) is 11.5. The fourth-order valence-corrected chi connectivity index (χ4v) is 1.60. The Labute approximate surface area is 120 Å². The highest BCUT2D eigenvalue weighted by Crippen LogP contribution is 2.23. The molecule has 0 aromatic heterocycles. The van der Waals surface area contributed by atoms with E-state index in [2.05, 4.69) is 5.32 Å². The van der Waals surface area contributed by atoms with E-state index in [1.807, 2.05) is 0 Å². The number of hydrogen-bond donors (Lipinski definition) is 3. The van der Waals surface area contributed by atoms with E-state index in [0.29, 0.717) is 5.75 Å². The summed E-state index contributed by atoms with van der Waals surface area (Å²) < 4.78 is 9.98. The molecule has 0 aliphatic heterocycles. The molecule has 1 atom stereocenters. The summed E-state index contributed by atoms with van der Waals surface area (Å²) in [5.41, 5.74) is 0.0495. The Hall–Kier alpha value is -2.77. The zero-order valence-electron chi connectivity index (χ0n) is 11.5. The van der Waals surface area contributed by atoms with Crippen molar-refractivity contribution in [3.8, 4) is 11.5 Å². The summed E-state index contributed by atoms with van der Waals surface area (Å²) in [4.78, 5) is 33.6. The van der Waals surface area contributed by atoms with Gasteiger partial charge in [-0.3, -0.25) is 9.59 Å². The number of methoxy groups -OCH3 is 2. The van der Waals surface area contributed by atoms with E-state index < -0.39 is 30.3 Å². The molecule has 0 bridgehead atoms. The van der Waals surface area contributed by atoms with E-state index in [4.69, 9.17) is 19.7 Å². The van der Waals surface area contributed by atoms with Gasteiger partial charge >= 0.3 is 11.9 Å². The van der Waals surface area contributed by atoms with Crippen molar-refractivity contribution in [1.29, 1.82) is 0 Å². The maximum absolute atomic E-state index is 12.1. The molecule has 8 heteroatoms. The lowest BCUT2D eigenvalue weighted by Gasteiger charge is -2.14. The van der Waals surface area contributed by atoms with E-state index in [-0.39, 0.29) is 11.3 Å². The Bertz CT molecular complexity index is 555. The first-order valence-corrected chi connectivity index (χ1v) is 5.86. The van der Waals surface area contributed by atoms with Gasteiger partial charge in [0.25, 0.3) is 5.91 Å². The lowest BCUT2D eigenvalue weighted by Crippen LogP contribution is -2.42. The smallest absolute Gasteiger partial charge is 0.326 e. The van der Waals surface area contributed by atoms with Crippen molar-refractivity contribution in [2.45, 2.75) is 12.5 Å². The van der Waals surface area contributed by atoms with Gasteiger partial charge in [0.2, 0.25) is 0 Å². The second-order valence-corrected chi connectivity index (χ2v) is 4.03. The highest BCUT2D eigenvalue weighted by Gasteiger charge is 2.25. The number of ether oxygens (including phenoxy) is 2. The predicted octanol–water partition coefficient (Wildman–Crippen LogP) is 0.361. The SMILES string of the molecule is COc1ccc(OC)c(C(=O)N[C@H](CC(=O)O)C(=O)O)c1. The molecule has 8 nitrogen and oxygen atoms in total. The van der Waals surface area contributed by atoms with Crippen molar-refractivity contribution in [3.63, 3.8) is 0 Å². The second kappa shape index (κ2) is 7.13. The number of aliphatic carboxylic acids is 2. The number of rotatable bonds is 7. The van der Waals surface area contributed by atoms with Gasteiger partial charge in [-0.25, -0.2) is 4.79 Å². The number of benzene rings is 1. The van der Waals surface area contributed by atoms with Crippen LogP contribution in [0.3, 0.4) is 0 Å². The Balaban J connectivity index is 3.01. The van der Waals surface area contributed by atoms with Crippen LogP contribution in [0.1, 0.15) is 16.8 Å². The molecule has 1 aromatic carbocycles. The van der Waals surface area contributed by atoms with Crippen LogP contribution in [-0.2, 0) is 9.59 Å². The maximum Gasteiger partial charge on any atom is 0.326 e. The number of carbonyl (C=O) groups excluding carboxylic acids is 1. The minimum absolute atomic E-state index is 0.0495. The largest absolute Gasteiger partial charge is 0.497 e. The summed E-state index contributed by atoms with van der Waals surface area (Å²) in [6, 6.07) is 2.89. The van der Waals surface area contributed by atoms with Crippen LogP contribution >= 0.6 is 0 Å². The summed E-state index contributed by atoms with van der Waals surface area (Å²) in [7, 11) is 2.76. The number of carboxylic acid groups (broad SMARTS) is 2. The average molecular weight is 297 g/mol. The molecular weight excluding hydrogens is 282 g/mol. The van der Waals surface area contributed by atoms with Crippen molar-refractivity contribution in [1.82, 2.24) is 5.32 Å². The minimum Gasteiger partial charge on any atom is -0.497 e. The third-order valence-electron chi connectivity index (χ3n) is 2.63. The van der Waals surface area contributed by atoms with Gasteiger partial charge < -0.3 is 25.0 Å². The molecule has 1 rings (SSSR count). The van der Waals surface area contributed by atoms with Crippen molar-refractivity contribution in [3.05, 3.63) is 23.8 Å². The molecule has 0 aliphatic rings. The van der Waals surface area contributed by atoms with Crippen LogP contribution in [0.15, 0.2) is 18.2 Å². The molecule has 1 amide bonds. The lowest BCUT2D eigenvalue weighted by molar-refractivity contribution is -0.145. The highest BCUT2D eigenvalue weighted by molar-refractivity contribution is 5.99. The van der Waals surface area contributed by atoms with Crippen molar-refractivity contribution in [2.24, 2.45) is 0 Å². The van der Waals surface area contributed by atoms with Crippen LogP contribution in [0, 0.1) is 0 Å². The van der Waals surface area contributed by atoms with Gasteiger partial charge in [-0.2, -0.15) is 0 Å². The fourth-order valence-electron chi connectivity index (χ4n) is 1.60. The Morgan fingerprint density at radius 3 is 2.33 bits per heavy atom. The summed E-state index contributed by atoms with van der Waals surface area (Å²) in [5.74, 6) is -2.94. The summed E-state index contributed by atoms with van der Waals surface area (Å²) in [6.45, 7) is 0. The van der Waals surface area contributed by atoms with Gasteiger partial charge in [0, 0.05) is 0 Å². The first-order valence-electron chi connectivity index (χ1n) is 5.86. The van der Waals surface area contributed by atoms with Crippen LogP contribution in [-0.4, -0.2) is 48.3 Å². The molecule has 0 saturated heterocycles. The first-order chi connectivity index (χ1) is 9.88. The van der Waals surface area contributed by atoms with Crippen molar-refractivity contribution < 1.29 is 34.1 Å². The van der Waals surface area contributed by atoms with Crippen LogP contribution in [0.4, 0.5) is 0 Å². The van der Waals surface area contributed by atoms with Gasteiger partial charge in [0.15, 0.2) is 0 Å². The van der Waals surface area contributed by atoms with E-state index in [1.54, 1.807) is 6.07 Å². The van der Waals surface area contributed by atoms with Crippen LogP contribution < -0.4 is 14.8 Å². The van der Waals surface area contributed by atoms with E-state index in [1.165, 1.54) is 26.4 Å².